The van der Waals surface area contributed by atoms with Crippen LogP contribution in [-0.2, 0) is 11.2 Å². The number of carbonyl (C=O) groups excluding carboxylic acids is 1. The average molecular weight is 231 g/mol. The summed E-state index contributed by atoms with van der Waals surface area (Å²) in [5.41, 5.74) is 2.45. The predicted molar refractivity (Wildman–Crippen MR) is 71.2 cm³/mol. The van der Waals surface area contributed by atoms with E-state index in [1.165, 1.54) is 5.56 Å². The molecule has 0 aliphatic carbocycles. The van der Waals surface area contributed by atoms with Gasteiger partial charge in [-0.15, -0.1) is 0 Å². The lowest BCUT2D eigenvalue weighted by Gasteiger charge is -2.32. The number of rotatable bonds is 3. The molecule has 0 N–H and O–H groups in total. The summed E-state index contributed by atoms with van der Waals surface area (Å²) in [4.78, 5) is 14.4. The molecule has 1 heterocycles. The fourth-order valence-electron chi connectivity index (χ4n) is 2.62. The second-order valence-electron chi connectivity index (χ2n) is 4.74. The highest BCUT2D eigenvalue weighted by molar-refractivity contribution is 5.96. The van der Waals surface area contributed by atoms with Gasteiger partial charge >= 0.3 is 0 Å². The molecule has 1 aliphatic rings. The van der Waals surface area contributed by atoms with Crippen molar-refractivity contribution in [2.45, 2.75) is 39.5 Å². The van der Waals surface area contributed by atoms with Crippen molar-refractivity contribution in [2.24, 2.45) is 5.92 Å². The Balaban J connectivity index is 2.26. The molecule has 1 amide bonds. The minimum Gasteiger partial charge on any atom is -0.312 e. The first-order chi connectivity index (χ1) is 8.27. The zero-order valence-corrected chi connectivity index (χ0v) is 10.8. The molecule has 0 aromatic heterocycles. The van der Waals surface area contributed by atoms with Gasteiger partial charge in [-0.3, -0.25) is 4.79 Å². The van der Waals surface area contributed by atoms with Crippen LogP contribution in [0.1, 0.15) is 38.7 Å². The highest BCUT2D eigenvalue weighted by Crippen LogP contribution is 2.28. The number of nitrogens with zero attached hydrogens (tertiary/aromatic N) is 1. The van der Waals surface area contributed by atoms with Gasteiger partial charge in [-0.1, -0.05) is 32.0 Å². The number of carbonyl (C=O) groups is 1. The summed E-state index contributed by atoms with van der Waals surface area (Å²) >= 11 is 0. The first-order valence-electron chi connectivity index (χ1n) is 6.67. The van der Waals surface area contributed by atoms with Crippen LogP contribution < -0.4 is 4.90 Å². The highest BCUT2D eigenvalue weighted by atomic mass is 16.2. The smallest absolute Gasteiger partial charge is 0.230 e. The zero-order valence-electron chi connectivity index (χ0n) is 10.8. The van der Waals surface area contributed by atoms with E-state index in [-0.39, 0.29) is 5.92 Å². The van der Waals surface area contributed by atoms with Gasteiger partial charge in [-0.25, -0.2) is 0 Å². The molecule has 0 atom stereocenters. The summed E-state index contributed by atoms with van der Waals surface area (Å²) in [6.45, 7) is 5.08. The van der Waals surface area contributed by atoms with Crippen LogP contribution in [0.15, 0.2) is 24.3 Å². The minimum absolute atomic E-state index is 0.182. The summed E-state index contributed by atoms with van der Waals surface area (Å²) in [6.07, 6.45) is 4.06. The van der Waals surface area contributed by atoms with E-state index in [0.29, 0.717) is 5.91 Å². The number of aryl methyl sites for hydroxylation is 1. The molecule has 2 nitrogen and oxygen atoms in total. The number of hydrogen-bond donors (Lipinski definition) is 0. The van der Waals surface area contributed by atoms with E-state index in [2.05, 4.69) is 32.0 Å². The van der Waals surface area contributed by atoms with Crippen LogP contribution in [0.25, 0.3) is 0 Å². The standard InChI is InChI=1S/C15H21NO/c1-3-12(4-2)15(17)16-11-7-9-13-8-5-6-10-14(13)16/h5-6,8,10,12H,3-4,7,9,11H2,1-2H3. The Kier molecular flexibility index (Phi) is 3.82. The van der Waals surface area contributed by atoms with Crippen molar-refractivity contribution in [3.05, 3.63) is 29.8 Å². The van der Waals surface area contributed by atoms with Gasteiger partial charge in [0.25, 0.3) is 0 Å². The molecule has 0 saturated heterocycles. The van der Waals surface area contributed by atoms with Crippen molar-refractivity contribution >= 4 is 11.6 Å². The maximum Gasteiger partial charge on any atom is 0.230 e. The molecule has 2 rings (SSSR count). The first kappa shape index (κ1) is 12.2. The van der Waals surface area contributed by atoms with Gasteiger partial charge in [0, 0.05) is 18.2 Å². The molecule has 0 saturated carbocycles. The summed E-state index contributed by atoms with van der Waals surface area (Å²) in [6, 6.07) is 8.30. The van der Waals surface area contributed by atoms with E-state index in [4.69, 9.17) is 0 Å². The van der Waals surface area contributed by atoms with E-state index in [1.807, 2.05) is 11.0 Å². The van der Waals surface area contributed by atoms with Crippen LogP contribution in [0.4, 0.5) is 5.69 Å². The van der Waals surface area contributed by atoms with Crippen molar-refractivity contribution < 1.29 is 4.79 Å². The van der Waals surface area contributed by atoms with Crippen molar-refractivity contribution in [3.8, 4) is 0 Å². The van der Waals surface area contributed by atoms with Crippen molar-refractivity contribution in [1.82, 2.24) is 0 Å². The van der Waals surface area contributed by atoms with Gasteiger partial charge in [0.05, 0.1) is 0 Å². The Bertz CT molecular complexity index is 396. The molecule has 0 bridgehead atoms. The van der Waals surface area contributed by atoms with E-state index < -0.39 is 0 Å². The van der Waals surface area contributed by atoms with Gasteiger partial charge in [-0.2, -0.15) is 0 Å². The maximum atomic E-state index is 12.4. The fraction of sp³-hybridized carbons (Fsp3) is 0.533. The third-order valence-electron chi connectivity index (χ3n) is 3.71. The first-order valence-corrected chi connectivity index (χ1v) is 6.67. The normalized spacial score (nSPS) is 14.9. The van der Waals surface area contributed by atoms with Crippen LogP contribution >= 0.6 is 0 Å². The van der Waals surface area contributed by atoms with E-state index in [0.717, 1.165) is 37.9 Å². The second kappa shape index (κ2) is 5.35. The second-order valence-corrected chi connectivity index (χ2v) is 4.74. The summed E-state index contributed by atoms with van der Waals surface area (Å²) in [7, 11) is 0. The van der Waals surface area contributed by atoms with E-state index in [1.54, 1.807) is 0 Å². The molecule has 0 fully saturated rings. The highest BCUT2D eigenvalue weighted by Gasteiger charge is 2.26. The Morgan fingerprint density at radius 3 is 2.71 bits per heavy atom. The molecule has 92 valence electrons. The number of anilines is 1. The largest absolute Gasteiger partial charge is 0.312 e. The molecule has 0 spiro atoms. The fourth-order valence-corrected chi connectivity index (χ4v) is 2.62. The average Bonchev–Trinajstić information content (AvgIpc) is 2.39. The SMILES string of the molecule is CCC(CC)C(=O)N1CCCc2ccccc21. The number of fused-ring (bicyclic) bond motifs is 1. The Hall–Kier alpha value is -1.31. The summed E-state index contributed by atoms with van der Waals surface area (Å²) < 4.78 is 0. The van der Waals surface area contributed by atoms with E-state index >= 15 is 0 Å². The Labute approximate surface area is 104 Å². The van der Waals surface area contributed by atoms with Gasteiger partial charge in [0.15, 0.2) is 0 Å². The molecule has 1 aliphatic heterocycles. The monoisotopic (exact) mass is 231 g/mol. The van der Waals surface area contributed by atoms with Crippen molar-refractivity contribution in [1.29, 1.82) is 0 Å². The number of amides is 1. The van der Waals surface area contributed by atoms with Crippen molar-refractivity contribution in [3.63, 3.8) is 0 Å². The zero-order chi connectivity index (χ0) is 12.3. The topological polar surface area (TPSA) is 20.3 Å². The molecule has 0 unspecified atom stereocenters. The summed E-state index contributed by atoms with van der Waals surface area (Å²) in [5, 5.41) is 0. The number of hydrogen-bond acceptors (Lipinski definition) is 1. The minimum atomic E-state index is 0.182. The van der Waals surface area contributed by atoms with Crippen LogP contribution in [0.5, 0.6) is 0 Å². The van der Waals surface area contributed by atoms with E-state index in [9.17, 15) is 4.79 Å². The van der Waals surface area contributed by atoms with Gasteiger partial charge in [0.2, 0.25) is 5.91 Å². The lowest BCUT2D eigenvalue weighted by Crippen LogP contribution is -2.39. The maximum absolute atomic E-state index is 12.4. The van der Waals surface area contributed by atoms with Crippen LogP contribution in [-0.4, -0.2) is 12.5 Å². The Morgan fingerprint density at radius 2 is 2.00 bits per heavy atom. The van der Waals surface area contributed by atoms with Gasteiger partial charge in [-0.05, 0) is 37.3 Å². The Morgan fingerprint density at radius 1 is 1.29 bits per heavy atom. The lowest BCUT2D eigenvalue weighted by molar-refractivity contribution is -0.122. The third-order valence-corrected chi connectivity index (χ3v) is 3.71. The molecule has 17 heavy (non-hydrogen) atoms. The molecular weight excluding hydrogens is 210 g/mol. The molecule has 1 aromatic rings. The van der Waals surface area contributed by atoms with Crippen LogP contribution in [0.3, 0.4) is 0 Å². The predicted octanol–water partition coefficient (Wildman–Crippen LogP) is 3.40. The number of benzene rings is 1. The number of para-hydroxylation sites is 1. The van der Waals surface area contributed by atoms with Crippen LogP contribution in [0, 0.1) is 5.92 Å². The van der Waals surface area contributed by atoms with Crippen LogP contribution in [0.2, 0.25) is 0 Å². The van der Waals surface area contributed by atoms with Gasteiger partial charge < -0.3 is 4.90 Å². The lowest BCUT2D eigenvalue weighted by atomic mass is 9.97. The molecule has 2 heteroatoms. The van der Waals surface area contributed by atoms with Crippen molar-refractivity contribution in [2.75, 3.05) is 11.4 Å². The van der Waals surface area contributed by atoms with Gasteiger partial charge in [0.1, 0.15) is 0 Å². The quantitative estimate of drug-likeness (QED) is 0.780. The molecule has 1 aromatic carbocycles. The summed E-state index contributed by atoms with van der Waals surface area (Å²) in [5.74, 6) is 0.489. The third kappa shape index (κ3) is 2.36. The molecule has 0 radical (unpaired) electrons. The molecular formula is C15H21NO.